The van der Waals surface area contributed by atoms with E-state index in [1.54, 1.807) is 48.5 Å². The van der Waals surface area contributed by atoms with Crippen LogP contribution in [-0.2, 0) is 9.59 Å². The van der Waals surface area contributed by atoms with Crippen molar-refractivity contribution in [1.82, 2.24) is 4.90 Å². The highest BCUT2D eigenvalue weighted by Crippen LogP contribution is 2.34. The molecule has 9 nitrogen and oxygen atoms in total. The van der Waals surface area contributed by atoms with E-state index < -0.39 is 0 Å². The fourth-order valence-corrected chi connectivity index (χ4v) is 4.79. The highest BCUT2D eigenvalue weighted by molar-refractivity contribution is 8.18. The Labute approximate surface area is 237 Å². The third kappa shape index (κ3) is 6.95. The van der Waals surface area contributed by atoms with Crippen molar-refractivity contribution < 1.29 is 33.3 Å². The van der Waals surface area contributed by atoms with E-state index in [-0.39, 0.29) is 36.8 Å². The predicted octanol–water partition coefficient (Wildman–Crippen LogP) is 5.45. The molecule has 3 amide bonds. The molecule has 3 aromatic rings. The van der Waals surface area contributed by atoms with Crippen molar-refractivity contribution in [1.29, 1.82) is 0 Å². The molecule has 208 valence electrons. The summed E-state index contributed by atoms with van der Waals surface area (Å²) in [5, 5.41) is 2.39. The van der Waals surface area contributed by atoms with E-state index >= 15 is 0 Å². The molecular weight excluding hydrogens is 532 g/mol. The van der Waals surface area contributed by atoms with Crippen LogP contribution in [0.25, 0.3) is 6.08 Å². The van der Waals surface area contributed by atoms with Gasteiger partial charge >= 0.3 is 0 Å². The van der Waals surface area contributed by atoms with Crippen LogP contribution in [-0.4, -0.2) is 55.9 Å². The zero-order valence-electron chi connectivity index (χ0n) is 22.7. The topological polar surface area (TPSA) is 103 Å². The van der Waals surface area contributed by atoms with Gasteiger partial charge in [0.15, 0.2) is 18.1 Å². The van der Waals surface area contributed by atoms with Crippen molar-refractivity contribution in [2.24, 2.45) is 0 Å². The quantitative estimate of drug-likeness (QED) is 0.308. The lowest BCUT2D eigenvalue weighted by Crippen LogP contribution is -2.32. The van der Waals surface area contributed by atoms with Gasteiger partial charge in [-0.3, -0.25) is 19.3 Å². The predicted molar refractivity (Wildman–Crippen MR) is 154 cm³/mol. The maximum Gasteiger partial charge on any atom is 0.293 e. The zero-order chi connectivity index (χ0) is 28.6. The first-order chi connectivity index (χ1) is 19.3. The molecule has 40 heavy (non-hydrogen) atoms. The number of imide groups is 1. The first-order valence-electron chi connectivity index (χ1n) is 12.5. The van der Waals surface area contributed by atoms with E-state index in [0.717, 1.165) is 28.6 Å². The second-order valence-corrected chi connectivity index (χ2v) is 9.89. The SMILES string of the molecule is COc1ccccc1NC(=O)COc1ccc(/C=C2\SC(=O)N(CCOc3cc(C)ccc3C)C2=O)cc1OC. The number of para-hydroxylation sites is 2. The first kappa shape index (κ1) is 28.6. The number of amides is 3. The fourth-order valence-electron chi connectivity index (χ4n) is 3.92. The lowest BCUT2D eigenvalue weighted by molar-refractivity contribution is -0.123. The highest BCUT2D eigenvalue weighted by Gasteiger charge is 2.34. The number of carbonyl (C=O) groups excluding carboxylic acids is 3. The number of rotatable bonds is 11. The lowest BCUT2D eigenvalue weighted by atomic mass is 10.1. The smallest absolute Gasteiger partial charge is 0.293 e. The third-order valence-electron chi connectivity index (χ3n) is 6.01. The Balaban J connectivity index is 1.36. The minimum absolute atomic E-state index is 0.141. The number of nitrogens with zero attached hydrogens (tertiary/aromatic N) is 1. The first-order valence-corrected chi connectivity index (χ1v) is 13.3. The molecule has 1 heterocycles. The molecule has 1 N–H and O–H groups in total. The maximum atomic E-state index is 12.9. The monoisotopic (exact) mass is 562 g/mol. The lowest BCUT2D eigenvalue weighted by Gasteiger charge is -2.14. The van der Waals surface area contributed by atoms with Crippen LogP contribution in [0.1, 0.15) is 16.7 Å². The van der Waals surface area contributed by atoms with Gasteiger partial charge in [-0.05, 0) is 78.7 Å². The summed E-state index contributed by atoms with van der Waals surface area (Å²) in [7, 11) is 3.00. The van der Waals surface area contributed by atoms with E-state index in [1.807, 2.05) is 32.0 Å². The summed E-state index contributed by atoms with van der Waals surface area (Å²) in [6.45, 7) is 4.00. The fraction of sp³-hybridized carbons (Fsp3) is 0.233. The van der Waals surface area contributed by atoms with Gasteiger partial charge in [-0.1, -0.05) is 30.3 Å². The van der Waals surface area contributed by atoms with E-state index in [9.17, 15) is 14.4 Å². The summed E-state index contributed by atoms with van der Waals surface area (Å²) in [4.78, 5) is 39.3. The summed E-state index contributed by atoms with van der Waals surface area (Å²) in [6.07, 6.45) is 1.62. The Morgan fingerprint density at radius 1 is 0.900 bits per heavy atom. The number of ether oxygens (including phenoxy) is 4. The number of hydrogen-bond donors (Lipinski definition) is 1. The number of aryl methyl sites for hydroxylation is 2. The number of anilines is 1. The van der Waals surface area contributed by atoms with E-state index in [4.69, 9.17) is 18.9 Å². The average Bonchev–Trinajstić information content (AvgIpc) is 3.21. The van der Waals surface area contributed by atoms with Gasteiger partial charge in [0.2, 0.25) is 0 Å². The summed E-state index contributed by atoms with van der Waals surface area (Å²) in [6, 6.07) is 18.0. The minimum Gasteiger partial charge on any atom is -0.495 e. The number of nitrogens with one attached hydrogen (secondary N) is 1. The zero-order valence-corrected chi connectivity index (χ0v) is 23.5. The standard InChI is InChI=1S/C30H30N2O7S/c1-19-9-10-20(2)25(15-19)38-14-13-32-29(34)27(40-30(32)35)17-21-11-12-24(26(16-21)37-4)39-18-28(33)31-22-7-5-6-8-23(22)36-3/h5-12,15-17H,13-14,18H2,1-4H3,(H,31,33)/b27-17-. The van der Waals surface area contributed by atoms with Crippen LogP contribution in [0.4, 0.5) is 10.5 Å². The molecule has 1 aliphatic heterocycles. The molecule has 0 spiro atoms. The Hall–Kier alpha value is -4.44. The number of benzene rings is 3. The maximum absolute atomic E-state index is 12.9. The molecule has 1 aliphatic rings. The van der Waals surface area contributed by atoms with Crippen molar-refractivity contribution in [3.8, 4) is 23.0 Å². The normalized spacial score (nSPS) is 13.9. The van der Waals surface area contributed by atoms with Gasteiger partial charge in [-0.2, -0.15) is 0 Å². The molecule has 0 saturated carbocycles. The van der Waals surface area contributed by atoms with Crippen LogP contribution in [0.15, 0.2) is 65.6 Å². The van der Waals surface area contributed by atoms with Crippen LogP contribution < -0.4 is 24.3 Å². The molecule has 10 heteroatoms. The number of methoxy groups -OCH3 is 2. The van der Waals surface area contributed by atoms with Crippen molar-refractivity contribution >= 4 is 40.6 Å². The molecule has 0 aromatic heterocycles. The Kier molecular flexibility index (Phi) is 9.34. The van der Waals surface area contributed by atoms with Crippen LogP contribution in [0.5, 0.6) is 23.0 Å². The average molecular weight is 563 g/mol. The van der Waals surface area contributed by atoms with Crippen LogP contribution >= 0.6 is 11.8 Å². The van der Waals surface area contributed by atoms with Crippen molar-refractivity contribution in [2.75, 3.05) is 39.3 Å². The molecule has 1 fully saturated rings. The Morgan fingerprint density at radius 3 is 2.45 bits per heavy atom. The Bertz CT molecular complexity index is 1450. The summed E-state index contributed by atoms with van der Waals surface area (Å²) in [5.41, 5.74) is 3.22. The summed E-state index contributed by atoms with van der Waals surface area (Å²) >= 11 is 0.872. The molecular formula is C30H30N2O7S. The van der Waals surface area contributed by atoms with Gasteiger partial charge < -0.3 is 24.3 Å². The molecule has 1 saturated heterocycles. The van der Waals surface area contributed by atoms with Gasteiger partial charge in [0.25, 0.3) is 17.1 Å². The van der Waals surface area contributed by atoms with E-state index in [1.165, 1.54) is 19.1 Å². The number of carbonyl (C=O) groups is 3. The minimum atomic E-state index is -0.383. The van der Waals surface area contributed by atoms with E-state index in [0.29, 0.717) is 33.4 Å². The number of thioether (sulfide) groups is 1. The molecule has 0 bridgehead atoms. The van der Waals surface area contributed by atoms with Gasteiger partial charge in [0.05, 0.1) is 31.4 Å². The van der Waals surface area contributed by atoms with Crippen LogP contribution in [0.2, 0.25) is 0 Å². The second kappa shape index (κ2) is 13.1. The van der Waals surface area contributed by atoms with Gasteiger partial charge in [0, 0.05) is 0 Å². The van der Waals surface area contributed by atoms with Gasteiger partial charge in [-0.15, -0.1) is 0 Å². The highest BCUT2D eigenvalue weighted by atomic mass is 32.2. The van der Waals surface area contributed by atoms with Crippen LogP contribution in [0.3, 0.4) is 0 Å². The van der Waals surface area contributed by atoms with Crippen molar-refractivity contribution in [3.63, 3.8) is 0 Å². The molecule has 4 rings (SSSR count). The molecule has 0 radical (unpaired) electrons. The third-order valence-corrected chi connectivity index (χ3v) is 6.92. The van der Waals surface area contributed by atoms with E-state index in [2.05, 4.69) is 5.32 Å². The Morgan fingerprint density at radius 2 is 1.68 bits per heavy atom. The van der Waals surface area contributed by atoms with Crippen molar-refractivity contribution in [3.05, 3.63) is 82.3 Å². The molecule has 3 aromatic carbocycles. The van der Waals surface area contributed by atoms with Gasteiger partial charge in [0.1, 0.15) is 18.1 Å². The van der Waals surface area contributed by atoms with Crippen LogP contribution in [0, 0.1) is 13.8 Å². The number of hydrogen-bond acceptors (Lipinski definition) is 8. The largest absolute Gasteiger partial charge is 0.495 e. The van der Waals surface area contributed by atoms with Crippen molar-refractivity contribution in [2.45, 2.75) is 13.8 Å². The van der Waals surface area contributed by atoms with Gasteiger partial charge in [-0.25, -0.2) is 0 Å². The second-order valence-electron chi connectivity index (χ2n) is 8.90. The summed E-state index contributed by atoms with van der Waals surface area (Å²) < 4.78 is 22.2. The summed E-state index contributed by atoms with van der Waals surface area (Å²) in [5.74, 6) is 1.24. The molecule has 0 aliphatic carbocycles. The molecule has 0 atom stereocenters. The molecule has 0 unspecified atom stereocenters.